The fourth-order valence-corrected chi connectivity index (χ4v) is 4.01. The maximum Gasteiger partial charge on any atom is 0.418 e. The van der Waals surface area contributed by atoms with Crippen LogP contribution in [0.3, 0.4) is 0 Å². The molecule has 0 aromatic rings. The Bertz CT molecular complexity index is 829. The van der Waals surface area contributed by atoms with E-state index < -0.39 is 46.4 Å². The molecule has 4 atom stereocenters. The highest BCUT2D eigenvalue weighted by Crippen LogP contribution is 2.30. The summed E-state index contributed by atoms with van der Waals surface area (Å²) in [6, 6.07) is -3.27. The fraction of sp³-hybridized carbons (Fsp3) is 0.692. The summed E-state index contributed by atoms with van der Waals surface area (Å²) < 4.78 is 34.9. The molecule has 0 saturated carbocycles. The minimum Gasteiger partial charge on any atom is -0.370 e. The first kappa shape index (κ1) is 21.0. The molecule has 162 valence electrons. The molecular weight excluding hydrogens is 412 g/mol. The van der Waals surface area contributed by atoms with Gasteiger partial charge in [0.05, 0.1) is 18.1 Å². The predicted molar refractivity (Wildman–Crippen MR) is 95.7 cm³/mol. The quantitative estimate of drug-likeness (QED) is 0.107. The van der Waals surface area contributed by atoms with E-state index in [1.807, 2.05) is 0 Å². The highest BCUT2D eigenvalue weighted by atomic mass is 32.3. The minimum absolute atomic E-state index is 0.0464. The summed E-state index contributed by atoms with van der Waals surface area (Å²) in [7, 11) is -4.87. The zero-order valence-corrected chi connectivity index (χ0v) is 16.0. The van der Waals surface area contributed by atoms with Crippen molar-refractivity contribution in [3.8, 4) is 0 Å². The summed E-state index contributed by atoms with van der Waals surface area (Å²) in [6.07, 6.45) is 0.836. The van der Waals surface area contributed by atoms with Gasteiger partial charge in [0.1, 0.15) is 6.04 Å². The van der Waals surface area contributed by atoms with Crippen molar-refractivity contribution in [2.24, 2.45) is 16.5 Å². The van der Waals surface area contributed by atoms with Gasteiger partial charge in [-0.3, -0.25) is 25.0 Å². The molecule has 0 aliphatic carbocycles. The van der Waals surface area contributed by atoms with Crippen LogP contribution in [0.5, 0.6) is 0 Å². The maximum absolute atomic E-state index is 12.4. The van der Waals surface area contributed by atoms with E-state index in [9.17, 15) is 22.8 Å². The molecule has 3 aliphatic rings. The van der Waals surface area contributed by atoms with Crippen molar-refractivity contribution in [1.82, 2.24) is 26.1 Å². The summed E-state index contributed by atoms with van der Waals surface area (Å²) in [6.45, 7) is 0.449. The molecule has 29 heavy (non-hydrogen) atoms. The third-order valence-corrected chi connectivity index (χ3v) is 5.21. The molecule has 4 amide bonds. The molecule has 15 nitrogen and oxygen atoms in total. The number of urea groups is 1. The van der Waals surface area contributed by atoms with Crippen LogP contribution in [0.25, 0.3) is 0 Å². The molecule has 0 aromatic carbocycles. The van der Waals surface area contributed by atoms with E-state index in [0.29, 0.717) is 18.0 Å². The second-order valence-corrected chi connectivity index (χ2v) is 7.90. The molecule has 0 radical (unpaired) electrons. The number of nitrogens with one attached hydrogen (secondary N) is 3. The van der Waals surface area contributed by atoms with Gasteiger partial charge < -0.3 is 21.7 Å². The zero-order valence-electron chi connectivity index (χ0n) is 15.1. The molecule has 3 saturated heterocycles. The van der Waals surface area contributed by atoms with Crippen molar-refractivity contribution in [1.29, 1.82) is 0 Å². The lowest BCUT2D eigenvalue weighted by Crippen LogP contribution is -2.56. The SMILES string of the molecule is NC(N)=N[C@@H]1CN[C@H](C(=O)NNC(=O)[C@H]2CC[C@@H]3CN2C(=O)N3OS(=O)(=O)O)C1. The Labute approximate surface area is 165 Å². The number of hydroxylamine groups is 2. The average Bonchev–Trinajstić information content (AvgIpc) is 3.17. The number of amides is 4. The number of hydrazine groups is 1. The predicted octanol–water partition coefficient (Wildman–Crippen LogP) is -3.86. The molecule has 3 heterocycles. The number of carbonyl (C=O) groups excluding carboxylic acids is 3. The molecule has 3 fully saturated rings. The van der Waals surface area contributed by atoms with Crippen LogP contribution in [0, 0.1) is 0 Å². The lowest BCUT2D eigenvalue weighted by Gasteiger charge is -2.29. The number of hydrogen-bond acceptors (Lipinski definition) is 8. The Morgan fingerprint density at radius 2 is 1.93 bits per heavy atom. The van der Waals surface area contributed by atoms with E-state index in [2.05, 4.69) is 25.4 Å². The van der Waals surface area contributed by atoms with Crippen LogP contribution in [0.4, 0.5) is 4.79 Å². The second kappa shape index (κ2) is 7.97. The minimum atomic E-state index is -4.87. The van der Waals surface area contributed by atoms with Crippen molar-refractivity contribution in [2.45, 2.75) is 43.4 Å². The first-order chi connectivity index (χ1) is 13.5. The van der Waals surface area contributed by atoms with Gasteiger partial charge in [0.25, 0.3) is 11.8 Å². The first-order valence-electron chi connectivity index (χ1n) is 8.74. The van der Waals surface area contributed by atoms with Crippen molar-refractivity contribution >= 4 is 34.2 Å². The number of nitrogens with two attached hydrogens (primary N) is 2. The van der Waals surface area contributed by atoms with Crippen LogP contribution in [-0.2, 0) is 24.3 Å². The summed E-state index contributed by atoms with van der Waals surface area (Å²) in [5.41, 5.74) is 15.2. The van der Waals surface area contributed by atoms with Gasteiger partial charge in [-0.15, -0.1) is 4.28 Å². The summed E-state index contributed by atoms with van der Waals surface area (Å²) in [4.78, 5) is 42.0. The summed E-state index contributed by atoms with van der Waals surface area (Å²) >= 11 is 0. The van der Waals surface area contributed by atoms with Crippen LogP contribution in [0.15, 0.2) is 4.99 Å². The van der Waals surface area contributed by atoms with Crippen LogP contribution in [0.1, 0.15) is 19.3 Å². The van der Waals surface area contributed by atoms with Crippen LogP contribution in [0.2, 0.25) is 0 Å². The highest BCUT2D eigenvalue weighted by molar-refractivity contribution is 7.80. The Morgan fingerprint density at radius 1 is 1.24 bits per heavy atom. The summed E-state index contributed by atoms with van der Waals surface area (Å²) in [5, 5.41) is 3.46. The van der Waals surface area contributed by atoms with Crippen molar-refractivity contribution in [3.05, 3.63) is 0 Å². The fourth-order valence-electron chi connectivity index (χ4n) is 3.62. The van der Waals surface area contributed by atoms with E-state index in [-0.39, 0.29) is 31.4 Å². The van der Waals surface area contributed by atoms with Crippen LogP contribution < -0.4 is 27.6 Å². The zero-order chi connectivity index (χ0) is 21.3. The van der Waals surface area contributed by atoms with E-state index in [1.165, 1.54) is 0 Å². The van der Waals surface area contributed by atoms with Gasteiger partial charge in [-0.05, 0) is 19.3 Å². The molecule has 0 unspecified atom stereocenters. The van der Waals surface area contributed by atoms with Crippen molar-refractivity contribution in [3.63, 3.8) is 0 Å². The van der Waals surface area contributed by atoms with Crippen molar-refractivity contribution < 1.29 is 31.6 Å². The smallest absolute Gasteiger partial charge is 0.370 e. The van der Waals surface area contributed by atoms with Crippen LogP contribution >= 0.6 is 0 Å². The topological polar surface area (TPSA) is 222 Å². The molecule has 2 bridgehead atoms. The van der Waals surface area contributed by atoms with E-state index in [1.54, 1.807) is 0 Å². The second-order valence-electron chi connectivity index (χ2n) is 6.89. The van der Waals surface area contributed by atoms with Gasteiger partial charge in [0.15, 0.2) is 5.96 Å². The standard InChI is InChI=1S/C13H22N8O7S/c14-12(15)17-6-3-8(16-4-6)10(22)18-19-11(23)9-2-1-7-5-20(9)13(24)21(7)28-29(25,26)27/h6-9,16H,1-5H2,(H,18,22)(H,19,23)(H4,14,15,17)(H,25,26,27)/t6-,7+,8-,9+/m0/s1. The molecule has 3 aliphatic heterocycles. The van der Waals surface area contributed by atoms with Crippen molar-refractivity contribution in [2.75, 3.05) is 13.1 Å². The number of nitrogens with zero attached hydrogens (tertiary/aromatic N) is 3. The van der Waals surface area contributed by atoms with Gasteiger partial charge in [-0.2, -0.15) is 13.5 Å². The molecule has 3 rings (SSSR count). The maximum atomic E-state index is 12.4. The third-order valence-electron chi connectivity index (χ3n) is 4.86. The van der Waals surface area contributed by atoms with E-state index >= 15 is 0 Å². The average molecular weight is 434 g/mol. The number of guanidine groups is 1. The largest absolute Gasteiger partial charge is 0.418 e. The normalized spacial score (nSPS) is 28.9. The van der Waals surface area contributed by atoms with Gasteiger partial charge in [-0.25, -0.2) is 9.79 Å². The number of piperidine rings is 1. The molecule has 0 aromatic heterocycles. The lowest BCUT2D eigenvalue weighted by molar-refractivity contribution is -0.132. The van der Waals surface area contributed by atoms with Gasteiger partial charge in [-0.1, -0.05) is 0 Å². The first-order valence-corrected chi connectivity index (χ1v) is 10.1. The Hall–Kier alpha value is -2.69. The molecular formula is C13H22N8O7S. The molecule has 8 N–H and O–H groups in total. The van der Waals surface area contributed by atoms with E-state index in [4.69, 9.17) is 16.0 Å². The molecule has 0 spiro atoms. The number of hydrogen-bond donors (Lipinski definition) is 6. The highest BCUT2D eigenvalue weighted by Gasteiger charge is 2.49. The lowest BCUT2D eigenvalue weighted by atomic mass is 10.0. The van der Waals surface area contributed by atoms with E-state index in [0.717, 1.165) is 4.90 Å². The number of rotatable bonds is 5. The Kier molecular flexibility index (Phi) is 5.78. The number of fused-ring (bicyclic) bond motifs is 2. The van der Waals surface area contributed by atoms with Gasteiger partial charge in [0, 0.05) is 13.1 Å². The van der Waals surface area contributed by atoms with Gasteiger partial charge in [0.2, 0.25) is 0 Å². The summed E-state index contributed by atoms with van der Waals surface area (Å²) in [5.74, 6) is -1.22. The molecule has 16 heteroatoms. The Balaban J connectivity index is 1.52. The number of carbonyl (C=O) groups is 3. The number of aliphatic imine (C=N–C) groups is 1. The monoisotopic (exact) mass is 434 g/mol. The Morgan fingerprint density at radius 3 is 2.59 bits per heavy atom. The third kappa shape index (κ3) is 4.84. The van der Waals surface area contributed by atoms with Gasteiger partial charge >= 0.3 is 16.4 Å². The van der Waals surface area contributed by atoms with Crippen LogP contribution in [-0.4, -0.2) is 84.0 Å².